The number of hydrogen-bond donors (Lipinski definition) is 0. The summed E-state index contributed by atoms with van der Waals surface area (Å²) in [5, 5.41) is 12.9. The lowest BCUT2D eigenvalue weighted by atomic mass is 9.87. The van der Waals surface area contributed by atoms with Gasteiger partial charge in [-0.05, 0) is 288 Å². The first kappa shape index (κ1) is 98.3. The van der Waals surface area contributed by atoms with E-state index in [0.29, 0.717) is 41.1 Å². The number of rotatable bonds is 16. The molecule has 0 fully saturated rings. The summed E-state index contributed by atoms with van der Waals surface area (Å²) >= 11 is 0. The van der Waals surface area contributed by atoms with Gasteiger partial charge in [-0.2, -0.15) is 0 Å². The second-order valence-electron chi connectivity index (χ2n) is 40.3. The number of pyridine rings is 5. The fraction of sp³-hybridized carbons (Fsp3) is 0.216. The minimum absolute atomic E-state index is 0.183. The van der Waals surface area contributed by atoms with Crippen LogP contribution in [0.4, 0.5) is 4.39 Å². The lowest BCUT2D eigenvalue weighted by Crippen LogP contribution is -2.31. The standard InChI is InChI=1S/C29H32N.C27H28N.C26H25FN.2C26H26N/c1-19(2)23-12-13-26-24(16-23)14-15-30(6)29(26)28-18-25(22-10-8-7-9-11-22)17-27(20(3)4)21(28)5;1-18(2)22-11-12-25-23(16-22)13-14-28(5)27(25)26-17-24(15-19(3)20(26)4)21-9-7-6-8-10-21;1-17(2)20-10-11-22-21(15-20)12-13-28(4)26(22)23-16-24(25(27)14-18(23)3)19-8-6-5-7-9-19;1-18(2)21-10-13-25-23(17-21)14-15-27(4)26(25)24-12-11-22(16-19(24)3)20-8-6-5-7-9-20;1-18(2)21-12-13-24-23(16-21)14-15-27(4)26(24)25-17-22(11-10-19(25)3)20-8-6-5-7-9-20/h7-20H,1-6H3;6-18H,1-5H3;5-17H,1-4H3;2*5-18H,1-4H3/q5*+1. The highest BCUT2D eigenvalue weighted by Crippen LogP contribution is 2.43. The molecular weight excluding hydrogens is 1700 g/mol. The van der Waals surface area contributed by atoms with E-state index in [-0.39, 0.29) is 5.82 Å². The monoisotopic (exact) mass is 1840 g/mol. The van der Waals surface area contributed by atoms with Gasteiger partial charge in [-0.15, -0.1) is 0 Å². The Morgan fingerprint density at radius 2 is 0.457 bits per heavy atom. The maximum Gasteiger partial charge on any atom is 0.220 e. The van der Waals surface area contributed by atoms with Gasteiger partial charge in [-0.1, -0.05) is 332 Å². The van der Waals surface area contributed by atoms with Gasteiger partial charge in [0.1, 0.15) is 41.1 Å². The van der Waals surface area contributed by atoms with E-state index in [4.69, 9.17) is 0 Å². The van der Waals surface area contributed by atoms with E-state index in [1.54, 1.807) is 6.07 Å². The normalized spacial score (nSPS) is 11.4. The summed E-state index contributed by atoms with van der Waals surface area (Å²) < 4.78 is 25.9. The van der Waals surface area contributed by atoms with Crippen LogP contribution in [0.2, 0.25) is 0 Å². The molecule has 15 aromatic carbocycles. The molecule has 0 bridgehead atoms. The van der Waals surface area contributed by atoms with E-state index in [1.807, 2.05) is 43.3 Å². The summed E-state index contributed by atoms with van der Waals surface area (Å²) in [5.74, 6) is 2.92. The van der Waals surface area contributed by atoms with E-state index in [1.165, 1.54) is 205 Å². The first-order chi connectivity index (χ1) is 67.4. The van der Waals surface area contributed by atoms with Gasteiger partial charge in [0.15, 0.2) is 31.0 Å². The van der Waals surface area contributed by atoms with Gasteiger partial charge in [0.25, 0.3) is 0 Å². The van der Waals surface area contributed by atoms with E-state index in [2.05, 4.69) is 510 Å². The highest BCUT2D eigenvalue weighted by Gasteiger charge is 2.28. The number of fused-ring (bicyclic) bond motifs is 5. The van der Waals surface area contributed by atoms with E-state index >= 15 is 0 Å². The molecule has 5 aromatic heterocycles. The molecule has 0 aliphatic carbocycles. The van der Waals surface area contributed by atoms with Crippen molar-refractivity contribution >= 4 is 53.9 Å². The molecule has 0 radical (unpaired) electrons. The topological polar surface area (TPSA) is 19.4 Å². The molecule has 0 aliphatic heterocycles. The van der Waals surface area contributed by atoms with Gasteiger partial charge in [-0.3, -0.25) is 0 Å². The molecule has 0 saturated carbocycles. The number of aromatic nitrogens is 5. The molecule has 0 amide bonds. The molecule has 5 heterocycles. The smallest absolute Gasteiger partial charge is 0.206 e. The predicted molar refractivity (Wildman–Crippen MR) is 593 cm³/mol. The first-order valence-electron chi connectivity index (χ1n) is 50.0. The average Bonchev–Trinajstić information content (AvgIpc) is 0.761. The number of halogens is 1. The van der Waals surface area contributed by atoms with Crippen LogP contribution in [0.3, 0.4) is 0 Å². The molecule has 140 heavy (non-hydrogen) atoms. The molecule has 0 unspecified atom stereocenters. The van der Waals surface area contributed by atoms with Crippen molar-refractivity contribution in [1.82, 2.24) is 0 Å². The average molecular weight is 1840 g/mol. The maximum atomic E-state index is 14.8. The molecule has 6 heteroatoms. The van der Waals surface area contributed by atoms with Crippen LogP contribution in [0, 0.1) is 47.4 Å². The minimum Gasteiger partial charge on any atom is -0.206 e. The number of benzene rings is 15. The Labute approximate surface area is 832 Å². The summed E-state index contributed by atoms with van der Waals surface area (Å²) in [7, 11) is 10.6. The zero-order chi connectivity index (χ0) is 99.0. The van der Waals surface area contributed by atoms with Crippen molar-refractivity contribution in [2.75, 3.05) is 0 Å². The summed E-state index contributed by atoms with van der Waals surface area (Å²) in [6.45, 7) is 40.1. The second kappa shape index (κ2) is 43.1. The van der Waals surface area contributed by atoms with Gasteiger partial charge in [0, 0.05) is 41.5 Å². The highest BCUT2D eigenvalue weighted by molar-refractivity contribution is 6.00. The summed E-state index contributed by atoms with van der Waals surface area (Å²) in [4.78, 5) is 0. The largest absolute Gasteiger partial charge is 0.220 e. The van der Waals surface area contributed by atoms with Crippen molar-refractivity contribution in [3.63, 3.8) is 0 Å². The molecule has 0 saturated heterocycles. The Kier molecular flexibility index (Phi) is 30.3. The molecule has 20 rings (SSSR count). The van der Waals surface area contributed by atoms with Crippen molar-refractivity contribution in [2.24, 2.45) is 35.2 Å². The third-order valence-corrected chi connectivity index (χ3v) is 28.4. The Hall–Kier alpha value is -14.7. The zero-order valence-electron chi connectivity index (χ0n) is 86.4. The van der Waals surface area contributed by atoms with Crippen molar-refractivity contribution in [2.45, 2.75) is 160 Å². The highest BCUT2D eigenvalue weighted by atomic mass is 19.1. The first-order valence-corrected chi connectivity index (χ1v) is 50.0. The van der Waals surface area contributed by atoms with Crippen molar-refractivity contribution < 1.29 is 27.2 Å². The molecule has 0 atom stereocenters. The maximum absolute atomic E-state index is 14.8. The lowest BCUT2D eigenvalue weighted by Gasteiger charge is -2.17. The van der Waals surface area contributed by atoms with E-state index < -0.39 is 0 Å². The number of nitrogens with zero attached hydrogens (tertiary/aromatic N) is 5. The van der Waals surface area contributed by atoms with Crippen LogP contribution in [-0.2, 0) is 35.2 Å². The molecular formula is C134H137FN5+5. The van der Waals surface area contributed by atoms with Gasteiger partial charge in [-0.25, -0.2) is 27.2 Å². The molecule has 0 spiro atoms. The van der Waals surface area contributed by atoms with Gasteiger partial charge >= 0.3 is 0 Å². The SMILES string of the molecule is Cc1c(-c2c3ccc(C(C)C)cc3cc[n+]2C)cc(-c2ccccc2)cc1C(C)C.Cc1cc(-c2ccccc2)cc(-c2c3ccc(C(C)C)cc3cc[n+]2C)c1C.Cc1cc(-c2ccccc2)ccc1-c1c2ccc(C(C)C)cc2cc[n+]1C.Cc1cc(F)c(-c2ccccc2)cc1-c1c2ccc(C(C)C)cc2cc[n+]1C.Cc1ccc(-c2ccccc2)cc1-c1c2ccc(C(C)C)cc2cc[n+]1C. The quantitative estimate of drug-likeness (QED) is 0.0859. The van der Waals surface area contributed by atoms with Crippen LogP contribution < -0.4 is 22.8 Å². The van der Waals surface area contributed by atoms with Crippen LogP contribution in [0.5, 0.6) is 0 Å². The molecule has 700 valence electrons. The van der Waals surface area contributed by atoms with Gasteiger partial charge in [0.05, 0.1) is 49.2 Å². The van der Waals surface area contributed by atoms with Crippen molar-refractivity contribution in [3.05, 3.63) is 449 Å². The second-order valence-corrected chi connectivity index (χ2v) is 40.3. The van der Waals surface area contributed by atoms with E-state index in [0.717, 1.165) is 22.4 Å². The Bertz CT molecular complexity index is 7900. The minimum atomic E-state index is -0.183. The summed E-state index contributed by atoms with van der Waals surface area (Å²) in [6, 6.07) is 124. The van der Waals surface area contributed by atoms with Crippen LogP contribution >= 0.6 is 0 Å². The summed E-state index contributed by atoms with van der Waals surface area (Å²) in [5.41, 5.74) is 40.1. The van der Waals surface area contributed by atoms with Crippen molar-refractivity contribution in [3.8, 4) is 112 Å². The predicted octanol–water partition coefficient (Wildman–Crippen LogP) is 33.7. The van der Waals surface area contributed by atoms with Crippen LogP contribution in [0.25, 0.3) is 166 Å². The third-order valence-electron chi connectivity index (χ3n) is 28.4. The van der Waals surface area contributed by atoms with Gasteiger partial charge < -0.3 is 0 Å². The zero-order valence-corrected chi connectivity index (χ0v) is 86.4. The Morgan fingerprint density at radius 1 is 0.186 bits per heavy atom. The fourth-order valence-electron chi connectivity index (χ4n) is 19.9. The third kappa shape index (κ3) is 21.4. The Balaban J connectivity index is 0.000000126. The molecule has 5 nitrogen and oxygen atoms in total. The number of hydrogen-bond acceptors (Lipinski definition) is 0. The Morgan fingerprint density at radius 3 is 0.793 bits per heavy atom. The fourth-order valence-corrected chi connectivity index (χ4v) is 19.9. The molecule has 0 aliphatic rings. The van der Waals surface area contributed by atoms with Crippen LogP contribution in [-0.4, -0.2) is 0 Å². The lowest BCUT2D eigenvalue weighted by molar-refractivity contribution is -0.659. The van der Waals surface area contributed by atoms with E-state index in [9.17, 15) is 4.39 Å². The van der Waals surface area contributed by atoms with Crippen molar-refractivity contribution in [1.29, 1.82) is 0 Å². The van der Waals surface area contributed by atoms with Crippen LogP contribution in [0.1, 0.15) is 185 Å². The number of aryl methyl sites for hydroxylation is 9. The summed E-state index contributed by atoms with van der Waals surface area (Å²) in [6.07, 6.45) is 10.8. The van der Waals surface area contributed by atoms with Gasteiger partial charge in [0.2, 0.25) is 28.5 Å². The molecule has 20 aromatic rings. The molecule has 0 N–H and O–H groups in total. The van der Waals surface area contributed by atoms with Crippen LogP contribution in [0.15, 0.2) is 377 Å².